The fourth-order valence-electron chi connectivity index (χ4n) is 2.02. The number of hydrogen-bond acceptors (Lipinski definition) is 6. The molecule has 1 unspecified atom stereocenters. The molecule has 2 heterocycles. The highest BCUT2D eigenvalue weighted by Crippen LogP contribution is 2.21. The van der Waals surface area contributed by atoms with Gasteiger partial charge < -0.3 is 15.1 Å². The average molecular weight is 331 g/mol. The van der Waals surface area contributed by atoms with Crippen LogP contribution in [0.2, 0.25) is 0 Å². The largest absolute Gasteiger partial charge is 0.423 e. The fourth-order valence-corrected chi connectivity index (χ4v) is 2.67. The average Bonchev–Trinajstić information content (AvgIpc) is 3.15. The maximum absolute atomic E-state index is 12.1. The molecular formula is C15H17N5O2S. The lowest BCUT2D eigenvalue weighted by molar-refractivity contribution is 0.246. The number of amides is 2. The molecule has 120 valence electrons. The highest BCUT2D eigenvalue weighted by molar-refractivity contribution is 7.16. The molecule has 2 N–H and O–H groups in total. The second-order valence-electron chi connectivity index (χ2n) is 5.49. The molecule has 1 atom stereocenters. The Hall–Kier alpha value is -2.48. The van der Waals surface area contributed by atoms with E-state index in [0.29, 0.717) is 17.5 Å². The van der Waals surface area contributed by atoms with Crippen LogP contribution in [0.25, 0.3) is 10.2 Å². The lowest BCUT2D eigenvalue weighted by Gasteiger charge is -2.11. The molecule has 0 aliphatic rings. The summed E-state index contributed by atoms with van der Waals surface area (Å²) < 4.78 is 6.61. The van der Waals surface area contributed by atoms with Gasteiger partial charge in [0.25, 0.3) is 0 Å². The lowest BCUT2D eigenvalue weighted by Crippen LogP contribution is -2.31. The van der Waals surface area contributed by atoms with Crippen LogP contribution in [0.3, 0.4) is 0 Å². The van der Waals surface area contributed by atoms with E-state index >= 15 is 0 Å². The minimum atomic E-state index is -0.377. The summed E-state index contributed by atoms with van der Waals surface area (Å²) in [6.45, 7) is 5.73. The zero-order chi connectivity index (χ0) is 16.4. The zero-order valence-corrected chi connectivity index (χ0v) is 13.8. The maximum atomic E-state index is 12.1. The van der Waals surface area contributed by atoms with Gasteiger partial charge in [0.15, 0.2) is 0 Å². The van der Waals surface area contributed by atoms with Gasteiger partial charge in [0.1, 0.15) is 6.04 Å². The first-order valence-electron chi connectivity index (χ1n) is 7.27. The molecule has 3 rings (SSSR count). The number of thiazole rings is 1. The number of carbonyl (C=O) groups is 1. The number of rotatable bonds is 4. The molecule has 1 aromatic carbocycles. The number of aromatic nitrogens is 3. The van der Waals surface area contributed by atoms with Gasteiger partial charge in [-0.3, -0.25) is 0 Å². The summed E-state index contributed by atoms with van der Waals surface area (Å²) in [5.74, 6) is 1.10. The van der Waals surface area contributed by atoms with Crippen LogP contribution in [0.5, 0.6) is 0 Å². The Morgan fingerprint density at radius 3 is 2.74 bits per heavy atom. The van der Waals surface area contributed by atoms with Gasteiger partial charge in [0.05, 0.1) is 15.7 Å². The van der Waals surface area contributed by atoms with Gasteiger partial charge in [-0.1, -0.05) is 13.8 Å². The molecule has 8 heteroatoms. The third-order valence-electron chi connectivity index (χ3n) is 3.26. The third kappa shape index (κ3) is 3.48. The Bertz CT molecular complexity index is 826. The van der Waals surface area contributed by atoms with Crippen molar-refractivity contribution >= 4 is 33.3 Å². The van der Waals surface area contributed by atoms with E-state index in [0.717, 1.165) is 10.2 Å². The predicted molar refractivity (Wildman–Crippen MR) is 88.6 cm³/mol. The number of anilines is 1. The molecule has 0 saturated carbocycles. The number of carbonyl (C=O) groups excluding carboxylic acids is 1. The highest BCUT2D eigenvalue weighted by atomic mass is 32.1. The molecule has 0 bridgehead atoms. The fraction of sp³-hybridized carbons (Fsp3) is 0.333. The van der Waals surface area contributed by atoms with Crippen LogP contribution >= 0.6 is 11.3 Å². The van der Waals surface area contributed by atoms with Crippen molar-refractivity contribution in [1.29, 1.82) is 0 Å². The molecule has 0 saturated heterocycles. The first-order valence-corrected chi connectivity index (χ1v) is 8.15. The molecule has 0 aliphatic heterocycles. The van der Waals surface area contributed by atoms with Crippen LogP contribution in [0.4, 0.5) is 10.5 Å². The van der Waals surface area contributed by atoms with Crippen molar-refractivity contribution in [1.82, 2.24) is 20.5 Å². The Kier molecular flexibility index (Phi) is 4.24. The molecule has 23 heavy (non-hydrogen) atoms. The van der Waals surface area contributed by atoms with Crippen molar-refractivity contribution in [2.24, 2.45) is 0 Å². The van der Waals surface area contributed by atoms with Crippen molar-refractivity contribution in [3.05, 3.63) is 35.5 Å². The smallest absolute Gasteiger partial charge is 0.319 e. The standard InChI is InChI=1S/C15H17N5O2S/c1-8(2)13-19-20-14(22-13)9(3)17-15(21)18-10-4-5-12-11(6-10)16-7-23-12/h4-9H,1-3H3,(H2,17,18,21). The molecule has 0 radical (unpaired) electrons. The number of nitrogens with one attached hydrogen (secondary N) is 2. The molecule has 0 aliphatic carbocycles. The van der Waals surface area contributed by atoms with Crippen molar-refractivity contribution in [3.8, 4) is 0 Å². The van der Waals surface area contributed by atoms with E-state index in [4.69, 9.17) is 4.42 Å². The molecule has 7 nitrogen and oxygen atoms in total. The Morgan fingerprint density at radius 1 is 1.22 bits per heavy atom. The van der Waals surface area contributed by atoms with E-state index < -0.39 is 0 Å². The minimum Gasteiger partial charge on any atom is -0.423 e. The molecule has 3 aromatic rings. The zero-order valence-electron chi connectivity index (χ0n) is 13.0. The van der Waals surface area contributed by atoms with Crippen LogP contribution in [-0.4, -0.2) is 21.2 Å². The predicted octanol–water partition coefficient (Wildman–Crippen LogP) is 3.69. The summed E-state index contributed by atoms with van der Waals surface area (Å²) in [7, 11) is 0. The summed E-state index contributed by atoms with van der Waals surface area (Å²) in [5, 5.41) is 13.5. The van der Waals surface area contributed by atoms with Crippen LogP contribution in [-0.2, 0) is 0 Å². The topological polar surface area (TPSA) is 92.9 Å². The highest BCUT2D eigenvalue weighted by Gasteiger charge is 2.17. The number of nitrogens with zero attached hydrogens (tertiary/aromatic N) is 3. The van der Waals surface area contributed by atoms with E-state index in [1.807, 2.05) is 32.0 Å². The van der Waals surface area contributed by atoms with Gasteiger partial charge in [-0.2, -0.15) is 0 Å². The van der Waals surface area contributed by atoms with E-state index in [1.54, 1.807) is 23.8 Å². The van der Waals surface area contributed by atoms with Crippen molar-refractivity contribution in [2.45, 2.75) is 32.7 Å². The van der Waals surface area contributed by atoms with Crippen molar-refractivity contribution in [3.63, 3.8) is 0 Å². The lowest BCUT2D eigenvalue weighted by atomic mass is 10.2. The number of hydrogen-bond donors (Lipinski definition) is 2. The number of benzene rings is 1. The van der Waals surface area contributed by atoms with E-state index in [9.17, 15) is 4.79 Å². The molecule has 2 aromatic heterocycles. The summed E-state index contributed by atoms with van der Waals surface area (Å²) in [5.41, 5.74) is 3.32. The van der Waals surface area contributed by atoms with Gasteiger partial charge in [-0.15, -0.1) is 21.5 Å². The van der Waals surface area contributed by atoms with Crippen LogP contribution in [0.15, 0.2) is 28.1 Å². The monoisotopic (exact) mass is 331 g/mol. The Balaban J connectivity index is 1.63. The van der Waals surface area contributed by atoms with Gasteiger partial charge in [0.2, 0.25) is 11.8 Å². The Morgan fingerprint density at radius 2 is 2.00 bits per heavy atom. The summed E-state index contributed by atoms with van der Waals surface area (Å²) in [6.07, 6.45) is 0. The first-order chi connectivity index (χ1) is 11.0. The minimum absolute atomic E-state index is 0.155. The molecular weight excluding hydrogens is 314 g/mol. The summed E-state index contributed by atoms with van der Waals surface area (Å²) in [6, 6.07) is 4.89. The van der Waals surface area contributed by atoms with Crippen molar-refractivity contribution < 1.29 is 9.21 Å². The Labute approximate surface area is 137 Å². The second kappa shape index (κ2) is 6.33. The third-order valence-corrected chi connectivity index (χ3v) is 4.07. The van der Waals surface area contributed by atoms with E-state index in [1.165, 1.54) is 0 Å². The SMILES string of the molecule is CC(C)c1nnc(C(C)NC(=O)Nc2ccc3scnc3c2)o1. The van der Waals surface area contributed by atoms with Crippen molar-refractivity contribution in [2.75, 3.05) is 5.32 Å². The van der Waals surface area contributed by atoms with E-state index in [2.05, 4.69) is 25.8 Å². The first kappa shape index (κ1) is 15.4. The van der Waals surface area contributed by atoms with Crippen LogP contribution in [0.1, 0.15) is 44.5 Å². The second-order valence-corrected chi connectivity index (χ2v) is 6.37. The molecule has 0 fully saturated rings. The van der Waals surface area contributed by atoms with Gasteiger partial charge in [-0.05, 0) is 25.1 Å². The van der Waals surface area contributed by atoms with Gasteiger partial charge in [-0.25, -0.2) is 9.78 Å². The van der Waals surface area contributed by atoms with Gasteiger partial charge in [0, 0.05) is 11.6 Å². The summed E-state index contributed by atoms with van der Waals surface area (Å²) >= 11 is 1.56. The normalized spacial score (nSPS) is 12.5. The van der Waals surface area contributed by atoms with Gasteiger partial charge >= 0.3 is 6.03 Å². The van der Waals surface area contributed by atoms with Crippen LogP contribution < -0.4 is 10.6 Å². The quantitative estimate of drug-likeness (QED) is 0.760. The van der Waals surface area contributed by atoms with E-state index in [-0.39, 0.29) is 18.0 Å². The molecule has 2 amide bonds. The number of fused-ring (bicyclic) bond motifs is 1. The summed E-state index contributed by atoms with van der Waals surface area (Å²) in [4.78, 5) is 16.3. The maximum Gasteiger partial charge on any atom is 0.319 e. The molecule has 0 spiro atoms. The number of urea groups is 1. The van der Waals surface area contributed by atoms with Crippen LogP contribution in [0, 0.1) is 0 Å².